The number of carbonyl (C=O) groups is 2. The molecule has 0 aliphatic heterocycles. The van der Waals surface area contributed by atoms with E-state index in [2.05, 4.69) is 81.5 Å². The molecule has 0 rings (SSSR count). The van der Waals surface area contributed by atoms with Gasteiger partial charge in [0, 0.05) is 19.4 Å². The van der Waals surface area contributed by atoms with Crippen molar-refractivity contribution in [3.63, 3.8) is 0 Å². The van der Waals surface area contributed by atoms with Crippen molar-refractivity contribution in [2.45, 2.75) is 284 Å². The minimum absolute atomic E-state index is 0.0753. The lowest BCUT2D eigenvalue weighted by molar-refractivity contribution is -0.163. The summed E-state index contributed by atoms with van der Waals surface area (Å²) in [5, 5.41) is 0. The van der Waals surface area contributed by atoms with Crippen molar-refractivity contribution >= 4 is 11.9 Å². The van der Waals surface area contributed by atoms with Crippen LogP contribution in [-0.2, 0) is 23.8 Å². The number of allylic oxidation sites excluding steroid dienone is 10. The second-order valence-electron chi connectivity index (χ2n) is 18.5. The zero-order chi connectivity index (χ0) is 46.3. The first-order valence-electron chi connectivity index (χ1n) is 27.8. The molecule has 0 spiro atoms. The van der Waals surface area contributed by atoms with Gasteiger partial charge >= 0.3 is 11.9 Å². The summed E-state index contributed by atoms with van der Waals surface area (Å²) in [5.41, 5.74) is 0. The molecule has 372 valence electrons. The zero-order valence-corrected chi connectivity index (χ0v) is 42.8. The molecule has 5 nitrogen and oxygen atoms in total. The lowest BCUT2D eigenvalue weighted by Gasteiger charge is -2.18. The lowest BCUT2D eigenvalue weighted by atomic mass is 10.1. The van der Waals surface area contributed by atoms with Crippen molar-refractivity contribution in [1.29, 1.82) is 0 Å². The summed E-state index contributed by atoms with van der Waals surface area (Å²) in [6, 6.07) is 0. The smallest absolute Gasteiger partial charge is 0.306 e. The molecular formula is C59H106O5. The van der Waals surface area contributed by atoms with Gasteiger partial charge in [0.25, 0.3) is 0 Å². The highest BCUT2D eigenvalue weighted by Gasteiger charge is 2.17. The Bertz CT molecular complexity index is 1100. The molecule has 0 N–H and O–H groups in total. The molecule has 0 aromatic heterocycles. The minimum Gasteiger partial charge on any atom is -0.462 e. The highest BCUT2D eigenvalue weighted by molar-refractivity contribution is 5.70. The maximum atomic E-state index is 12.8. The van der Waals surface area contributed by atoms with Crippen molar-refractivity contribution < 1.29 is 23.8 Å². The molecule has 0 saturated heterocycles. The summed E-state index contributed by atoms with van der Waals surface area (Å²) < 4.78 is 17.4. The topological polar surface area (TPSA) is 61.8 Å². The Morgan fingerprint density at radius 1 is 0.344 bits per heavy atom. The monoisotopic (exact) mass is 895 g/mol. The highest BCUT2D eigenvalue weighted by Crippen LogP contribution is 2.14. The molecule has 1 atom stereocenters. The second-order valence-corrected chi connectivity index (χ2v) is 18.5. The minimum atomic E-state index is -0.549. The van der Waals surface area contributed by atoms with E-state index in [1.54, 1.807) is 0 Å². The first-order chi connectivity index (χ1) is 31.6. The van der Waals surface area contributed by atoms with Gasteiger partial charge in [-0.05, 0) is 109 Å². The SMILES string of the molecule is CCCCC/C=C\C/C=C\CCCCCCCCCCCC(=O)OCC(COCCCCCCCC/C=C\CCCCCC)OC(=O)CCCCCCC/C=C\C/C=C\CCCCC. The molecule has 0 heterocycles. The Balaban J connectivity index is 4.27. The number of hydrogen-bond acceptors (Lipinski definition) is 5. The number of hydrogen-bond donors (Lipinski definition) is 0. The van der Waals surface area contributed by atoms with Crippen LogP contribution in [0.15, 0.2) is 60.8 Å². The number of ether oxygens (including phenoxy) is 3. The fourth-order valence-electron chi connectivity index (χ4n) is 7.80. The Morgan fingerprint density at radius 2 is 0.656 bits per heavy atom. The molecule has 0 aromatic carbocycles. The zero-order valence-electron chi connectivity index (χ0n) is 42.8. The van der Waals surface area contributed by atoms with Crippen molar-refractivity contribution in [3.8, 4) is 0 Å². The molecule has 0 bridgehead atoms. The van der Waals surface area contributed by atoms with Crippen LogP contribution in [-0.4, -0.2) is 37.9 Å². The van der Waals surface area contributed by atoms with E-state index in [1.807, 2.05) is 0 Å². The third-order valence-corrected chi connectivity index (χ3v) is 12.0. The van der Waals surface area contributed by atoms with Crippen molar-refractivity contribution in [3.05, 3.63) is 60.8 Å². The molecule has 0 aliphatic rings. The van der Waals surface area contributed by atoms with Crippen LogP contribution in [0, 0.1) is 0 Å². The van der Waals surface area contributed by atoms with Gasteiger partial charge in [0.2, 0.25) is 0 Å². The van der Waals surface area contributed by atoms with Crippen molar-refractivity contribution in [2.24, 2.45) is 0 Å². The Labute approximate surface area is 398 Å². The van der Waals surface area contributed by atoms with E-state index in [1.165, 1.54) is 180 Å². The third-order valence-electron chi connectivity index (χ3n) is 12.0. The van der Waals surface area contributed by atoms with E-state index < -0.39 is 6.10 Å². The van der Waals surface area contributed by atoms with Gasteiger partial charge in [-0.3, -0.25) is 9.59 Å². The van der Waals surface area contributed by atoms with Crippen LogP contribution in [0.1, 0.15) is 278 Å². The molecular weight excluding hydrogens is 789 g/mol. The molecule has 5 heteroatoms. The van der Waals surface area contributed by atoms with Gasteiger partial charge in [-0.2, -0.15) is 0 Å². The standard InChI is InChI=1S/C59H106O5/c1-4-7-10-13-16-19-22-25-28-29-30-31-33-34-37-40-43-46-49-52-58(60)63-56-57(55-62-54-51-48-45-42-39-36-27-24-21-18-15-12-9-6-3)64-59(61)53-50-47-44-41-38-35-32-26-23-20-17-14-11-8-5-2/h16-17,19-21,24-26,28,32,57H,4-15,18,22-23,27,29-31,33-56H2,1-3H3/b19-16-,20-17-,24-21-,28-25-,32-26-. The largest absolute Gasteiger partial charge is 0.462 e. The van der Waals surface area contributed by atoms with Crippen molar-refractivity contribution in [2.75, 3.05) is 19.8 Å². The van der Waals surface area contributed by atoms with E-state index in [-0.39, 0.29) is 25.2 Å². The molecule has 0 fully saturated rings. The maximum absolute atomic E-state index is 12.8. The first-order valence-corrected chi connectivity index (χ1v) is 27.8. The van der Waals surface area contributed by atoms with Crippen LogP contribution in [0.3, 0.4) is 0 Å². The molecule has 0 amide bonds. The molecule has 0 aromatic rings. The fourth-order valence-corrected chi connectivity index (χ4v) is 7.80. The number of esters is 2. The van der Waals surface area contributed by atoms with E-state index in [0.717, 1.165) is 64.2 Å². The van der Waals surface area contributed by atoms with E-state index >= 15 is 0 Å². The predicted octanol–water partition coefficient (Wildman–Crippen LogP) is 18.9. The van der Waals surface area contributed by atoms with Gasteiger partial charge in [-0.25, -0.2) is 0 Å². The van der Waals surface area contributed by atoms with Gasteiger partial charge in [0.1, 0.15) is 6.61 Å². The second kappa shape index (κ2) is 54.9. The predicted molar refractivity (Wildman–Crippen MR) is 279 cm³/mol. The molecule has 0 saturated carbocycles. The summed E-state index contributed by atoms with van der Waals surface area (Å²) >= 11 is 0. The normalized spacial score (nSPS) is 12.6. The number of rotatable bonds is 51. The summed E-state index contributed by atoms with van der Waals surface area (Å²) in [7, 11) is 0. The van der Waals surface area contributed by atoms with Crippen LogP contribution in [0.5, 0.6) is 0 Å². The number of unbranched alkanes of at least 4 members (excludes halogenated alkanes) is 30. The van der Waals surface area contributed by atoms with Crippen molar-refractivity contribution in [1.82, 2.24) is 0 Å². The van der Waals surface area contributed by atoms with Gasteiger partial charge in [0.05, 0.1) is 6.61 Å². The van der Waals surface area contributed by atoms with Gasteiger partial charge in [-0.15, -0.1) is 0 Å². The van der Waals surface area contributed by atoms with Gasteiger partial charge in [0.15, 0.2) is 6.10 Å². The first kappa shape index (κ1) is 61.6. The third kappa shape index (κ3) is 52.2. The van der Waals surface area contributed by atoms with Crippen LogP contribution < -0.4 is 0 Å². The Kier molecular flexibility index (Phi) is 52.9. The summed E-state index contributed by atoms with van der Waals surface area (Å²) in [6.07, 6.45) is 69.4. The summed E-state index contributed by atoms with van der Waals surface area (Å²) in [5.74, 6) is -0.413. The summed E-state index contributed by atoms with van der Waals surface area (Å²) in [4.78, 5) is 25.5. The van der Waals surface area contributed by atoms with Crippen LogP contribution in [0.4, 0.5) is 0 Å². The number of carbonyl (C=O) groups excluding carboxylic acids is 2. The average molecular weight is 895 g/mol. The molecule has 0 aliphatic carbocycles. The molecule has 1 unspecified atom stereocenters. The van der Waals surface area contributed by atoms with Gasteiger partial charge < -0.3 is 14.2 Å². The average Bonchev–Trinajstić information content (AvgIpc) is 3.30. The maximum Gasteiger partial charge on any atom is 0.306 e. The van der Waals surface area contributed by atoms with E-state index in [0.29, 0.717) is 19.4 Å². The van der Waals surface area contributed by atoms with Crippen LogP contribution in [0.2, 0.25) is 0 Å². The Hall–Kier alpha value is -2.40. The Morgan fingerprint density at radius 3 is 1.08 bits per heavy atom. The molecule has 64 heavy (non-hydrogen) atoms. The van der Waals surface area contributed by atoms with Crippen LogP contribution >= 0.6 is 0 Å². The highest BCUT2D eigenvalue weighted by atomic mass is 16.6. The fraction of sp³-hybridized carbons (Fsp3) is 0.797. The van der Waals surface area contributed by atoms with E-state index in [9.17, 15) is 9.59 Å². The molecule has 0 radical (unpaired) electrons. The quantitative estimate of drug-likeness (QED) is 0.0346. The van der Waals surface area contributed by atoms with Gasteiger partial charge in [-0.1, -0.05) is 216 Å². The van der Waals surface area contributed by atoms with Crippen LogP contribution in [0.25, 0.3) is 0 Å². The summed E-state index contributed by atoms with van der Waals surface area (Å²) in [6.45, 7) is 7.76. The lowest BCUT2D eigenvalue weighted by Crippen LogP contribution is -2.30. The van der Waals surface area contributed by atoms with E-state index in [4.69, 9.17) is 14.2 Å².